The molecule has 18 nitrogen and oxygen atoms in total. The zero-order chi connectivity index (χ0) is 23.2. The molecule has 0 aromatic rings. The molecule has 4 atom stereocenters. The normalized spacial score (nSPS) is 15.9. The highest BCUT2D eigenvalue weighted by atomic mass is 31.2. The highest BCUT2D eigenvalue weighted by molar-refractivity contribution is 7.45. The van der Waals surface area contributed by atoms with Gasteiger partial charge < -0.3 is 74.4 Å². The van der Waals surface area contributed by atoms with Gasteiger partial charge in [0.15, 0.2) is 6.29 Å². The topological polar surface area (TPSA) is 352 Å². The van der Waals surface area contributed by atoms with E-state index in [1.165, 1.54) is 0 Å². The van der Waals surface area contributed by atoms with E-state index in [4.69, 9.17) is 83.3 Å². The zero-order valence-corrected chi connectivity index (χ0v) is 15.5. The van der Waals surface area contributed by atoms with Gasteiger partial charge in [-0.15, -0.1) is 0 Å². The predicted molar refractivity (Wildman–Crippen MR) is 80.0 cm³/mol. The molecule has 0 saturated carbocycles. The van der Waals surface area contributed by atoms with Crippen LogP contribution in [0.25, 0.3) is 0 Å². The summed E-state index contributed by atoms with van der Waals surface area (Å²) in [4.78, 5) is 74.6. The molecule has 0 aliphatic heterocycles. The molecule has 0 aromatic heterocycles. The number of phosphoric acid groups is 3. The van der Waals surface area contributed by atoms with Gasteiger partial charge in [0, 0.05) is 0 Å². The second-order valence-corrected chi connectivity index (χ2v) is 6.98. The molecule has 27 heavy (non-hydrogen) atoms. The van der Waals surface area contributed by atoms with Gasteiger partial charge >= 0.3 is 23.5 Å². The number of aliphatic hydroxyl groups excluding tert-OH is 5. The van der Waals surface area contributed by atoms with Crippen molar-refractivity contribution in [2.24, 2.45) is 0 Å². The Kier molecular flexibility index (Phi) is 19.9. The monoisotopic (exact) mass is 474 g/mol. The Bertz CT molecular complexity index is 431. The van der Waals surface area contributed by atoms with Crippen LogP contribution in [0, 0.1) is 0 Å². The van der Waals surface area contributed by atoms with E-state index in [2.05, 4.69) is 0 Å². The molecule has 168 valence electrons. The first-order valence-electron chi connectivity index (χ1n) is 5.67. The molecule has 0 aliphatic carbocycles. The standard InChI is InChI=1S/C6H12O6.3H3O4P/c7-1-3(9)5(11)6(12)4(10)2-8;3*1-5(2,3)4/h1,3-6,8-12H,2H2;3*(H3,1,2,3,4). The van der Waals surface area contributed by atoms with Gasteiger partial charge in [-0.05, 0) is 0 Å². The lowest BCUT2D eigenvalue weighted by Crippen LogP contribution is -2.46. The summed E-state index contributed by atoms with van der Waals surface area (Å²) in [5.41, 5.74) is 0. The lowest BCUT2D eigenvalue weighted by atomic mass is 10.0. The summed E-state index contributed by atoms with van der Waals surface area (Å²) in [6, 6.07) is 0. The largest absolute Gasteiger partial charge is 0.466 e. The number of carbonyl (C=O) groups excluding carboxylic acids is 1. The first-order chi connectivity index (χ1) is 11.5. The van der Waals surface area contributed by atoms with Crippen LogP contribution in [0.4, 0.5) is 0 Å². The van der Waals surface area contributed by atoms with Crippen molar-refractivity contribution in [3.05, 3.63) is 0 Å². The minimum atomic E-state index is -4.64. The van der Waals surface area contributed by atoms with Crippen molar-refractivity contribution in [1.82, 2.24) is 0 Å². The average Bonchev–Trinajstić information content (AvgIpc) is 2.38. The van der Waals surface area contributed by atoms with Gasteiger partial charge in [0.05, 0.1) is 6.61 Å². The van der Waals surface area contributed by atoms with E-state index < -0.39 is 54.5 Å². The second-order valence-electron chi connectivity index (χ2n) is 3.90. The molecule has 0 amide bonds. The molecule has 0 rings (SSSR count). The van der Waals surface area contributed by atoms with E-state index in [0.717, 1.165) is 0 Å². The lowest BCUT2D eigenvalue weighted by molar-refractivity contribution is -0.136. The van der Waals surface area contributed by atoms with Crippen molar-refractivity contribution in [3.63, 3.8) is 0 Å². The first-order valence-corrected chi connectivity index (χ1v) is 10.4. The number of rotatable bonds is 5. The van der Waals surface area contributed by atoms with E-state index in [-0.39, 0.29) is 6.29 Å². The van der Waals surface area contributed by atoms with Crippen LogP contribution in [0.5, 0.6) is 0 Å². The van der Waals surface area contributed by atoms with E-state index in [1.807, 2.05) is 0 Å². The van der Waals surface area contributed by atoms with Gasteiger partial charge in [0.1, 0.15) is 24.4 Å². The van der Waals surface area contributed by atoms with E-state index in [1.54, 1.807) is 0 Å². The van der Waals surface area contributed by atoms with Gasteiger partial charge in [-0.1, -0.05) is 0 Å². The van der Waals surface area contributed by atoms with Crippen molar-refractivity contribution >= 4 is 29.8 Å². The van der Waals surface area contributed by atoms with Crippen LogP contribution in [0.2, 0.25) is 0 Å². The fourth-order valence-electron chi connectivity index (χ4n) is 0.618. The molecule has 0 heterocycles. The summed E-state index contributed by atoms with van der Waals surface area (Å²) >= 11 is 0. The van der Waals surface area contributed by atoms with Crippen LogP contribution in [-0.2, 0) is 18.5 Å². The fourth-order valence-corrected chi connectivity index (χ4v) is 0.618. The molecule has 0 radical (unpaired) electrons. The van der Waals surface area contributed by atoms with Gasteiger partial charge in [-0.2, -0.15) is 0 Å². The summed E-state index contributed by atoms with van der Waals surface area (Å²) < 4.78 is 26.6. The maximum Gasteiger partial charge on any atom is 0.466 e. The third-order valence-corrected chi connectivity index (χ3v) is 1.42. The molecular weight excluding hydrogens is 453 g/mol. The van der Waals surface area contributed by atoms with Gasteiger partial charge in [-0.25, -0.2) is 13.7 Å². The second kappa shape index (κ2) is 15.7. The predicted octanol–water partition coefficient (Wildman–Crippen LogP) is -6.16. The van der Waals surface area contributed by atoms with Crippen molar-refractivity contribution in [1.29, 1.82) is 0 Å². The minimum absolute atomic E-state index is 0.0258. The molecule has 0 saturated heterocycles. The van der Waals surface area contributed by atoms with Gasteiger partial charge in [0.2, 0.25) is 0 Å². The Morgan fingerprint density at radius 2 is 0.852 bits per heavy atom. The van der Waals surface area contributed by atoms with Crippen molar-refractivity contribution < 1.29 is 88.1 Å². The SMILES string of the molecule is O=CC(O)C(O)C(O)C(O)CO.O=P(O)(O)O.O=P(O)(O)O.O=P(O)(O)O. The quantitative estimate of drug-likeness (QED) is 0.130. The highest BCUT2D eigenvalue weighted by Crippen LogP contribution is 2.26. The Morgan fingerprint density at radius 3 is 1.00 bits per heavy atom. The van der Waals surface area contributed by atoms with E-state index in [9.17, 15) is 4.79 Å². The Hall–Kier alpha value is -0.200. The zero-order valence-electron chi connectivity index (χ0n) is 12.8. The first kappa shape index (κ1) is 34.3. The molecular formula is C6H21O18P3. The number of aldehydes is 1. The molecule has 21 heteroatoms. The Balaban J connectivity index is -0.000000147. The summed E-state index contributed by atoms with van der Waals surface area (Å²) in [7, 11) is -13.9. The van der Waals surface area contributed by atoms with E-state index in [0.29, 0.717) is 0 Å². The molecule has 4 unspecified atom stereocenters. The molecule has 0 bridgehead atoms. The highest BCUT2D eigenvalue weighted by Gasteiger charge is 2.29. The Morgan fingerprint density at radius 1 is 0.630 bits per heavy atom. The van der Waals surface area contributed by atoms with E-state index >= 15 is 0 Å². The maximum absolute atomic E-state index is 9.90. The maximum atomic E-state index is 9.90. The van der Waals surface area contributed by atoms with Crippen molar-refractivity contribution in [2.75, 3.05) is 6.61 Å². The average molecular weight is 474 g/mol. The van der Waals surface area contributed by atoms with Crippen LogP contribution < -0.4 is 0 Å². The molecule has 14 N–H and O–H groups in total. The van der Waals surface area contributed by atoms with Crippen LogP contribution in [0.1, 0.15) is 0 Å². The molecule has 0 aromatic carbocycles. The number of carbonyl (C=O) groups is 1. The summed E-state index contributed by atoms with van der Waals surface area (Å²) in [6.45, 7) is -0.760. The summed E-state index contributed by atoms with van der Waals surface area (Å²) in [5, 5.41) is 43.5. The number of hydrogen-bond acceptors (Lipinski definition) is 9. The number of aliphatic hydroxyl groups is 5. The smallest absolute Gasteiger partial charge is 0.394 e. The summed E-state index contributed by atoms with van der Waals surface area (Å²) in [5.74, 6) is 0. The third-order valence-electron chi connectivity index (χ3n) is 1.42. The van der Waals surface area contributed by atoms with Crippen LogP contribution in [-0.4, -0.2) is 107 Å². The Labute approximate surface area is 150 Å². The van der Waals surface area contributed by atoms with Crippen molar-refractivity contribution in [3.8, 4) is 0 Å². The molecule has 0 spiro atoms. The third kappa shape index (κ3) is 58.5. The lowest BCUT2D eigenvalue weighted by Gasteiger charge is -2.22. The number of hydrogen-bond donors (Lipinski definition) is 14. The fraction of sp³-hybridized carbons (Fsp3) is 0.833. The van der Waals surface area contributed by atoms with Gasteiger partial charge in [0.25, 0.3) is 0 Å². The molecule has 0 fully saturated rings. The van der Waals surface area contributed by atoms with Crippen molar-refractivity contribution in [2.45, 2.75) is 24.4 Å². The van der Waals surface area contributed by atoms with Crippen LogP contribution in [0.15, 0.2) is 0 Å². The van der Waals surface area contributed by atoms with Crippen LogP contribution in [0.3, 0.4) is 0 Å². The minimum Gasteiger partial charge on any atom is -0.394 e. The van der Waals surface area contributed by atoms with Gasteiger partial charge in [-0.3, -0.25) is 0 Å². The summed E-state index contributed by atoms with van der Waals surface area (Å²) in [6.07, 6.45) is -6.84. The van der Waals surface area contributed by atoms with Crippen LogP contribution >= 0.6 is 23.5 Å². The molecule has 0 aliphatic rings.